The predicted molar refractivity (Wildman–Crippen MR) is 63.7 cm³/mol. The van der Waals surface area contributed by atoms with E-state index in [4.69, 9.17) is 9.84 Å². The molecule has 1 aliphatic carbocycles. The minimum atomic E-state index is -1.05. The van der Waals surface area contributed by atoms with Crippen LogP contribution in [0.25, 0.3) is 0 Å². The van der Waals surface area contributed by atoms with Gasteiger partial charge in [0.15, 0.2) is 11.5 Å². The van der Waals surface area contributed by atoms with Gasteiger partial charge in [-0.2, -0.15) is 0 Å². The predicted octanol–water partition coefficient (Wildman–Crippen LogP) is 0.932. The third-order valence-corrected chi connectivity index (χ3v) is 3.65. The highest BCUT2D eigenvalue weighted by Gasteiger charge is 2.36. The SMILES string of the molecule is O=C(O)c1ccc(N2CCOC3CCCC32)nn1. The smallest absolute Gasteiger partial charge is 0.356 e. The summed E-state index contributed by atoms with van der Waals surface area (Å²) in [5.74, 6) is -0.296. The highest BCUT2D eigenvalue weighted by atomic mass is 16.5. The summed E-state index contributed by atoms with van der Waals surface area (Å²) < 4.78 is 5.73. The fourth-order valence-electron chi connectivity index (χ4n) is 2.80. The third kappa shape index (κ3) is 1.92. The molecule has 1 aliphatic heterocycles. The maximum atomic E-state index is 10.7. The average Bonchev–Trinajstić information content (AvgIpc) is 2.87. The largest absolute Gasteiger partial charge is 0.476 e. The molecular formula is C12H15N3O3. The quantitative estimate of drug-likeness (QED) is 0.840. The first-order valence-corrected chi connectivity index (χ1v) is 6.21. The van der Waals surface area contributed by atoms with Crippen LogP contribution in [0.3, 0.4) is 0 Å². The minimum absolute atomic E-state index is 0.0185. The van der Waals surface area contributed by atoms with E-state index in [0.29, 0.717) is 18.8 Å². The Morgan fingerprint density at radius 1 is 1.39 bits per heavy atom. The fraction of sp³-hybridized carbons (Fsp3) is 0.583. The molecule has 18 heavy (non-hydrogen) atoms. The van der Waals surface area contributed by atoms with Crippen LogP contribution in [0.2, 0.25) is 0 Å². The average molecular weight is 249 g/mol. The van der Waals surface area contributed by atoms with Crippen LogP contribution in [0.4, 0.5) is 5.82 Å². The highest BCUT2D eigenvalue weighted by Crippen LogP contribution is 2.31. The van der Waals surface area contributed by atoms with Gasteiger partial charge < -0.3 is 14.7 Å². The van der Waals surface area contributed by atoms with Gasteiger partial charge in [0.1, 0.15) is 0 Å². The number of anilines is 1. The third-order valence-electron chi connectivity index (χ3n) is 3.65. The van der Waals surface area contributed by atoms with E-state index in [1.54, 1.807) is 6.07 Å². The molecule has 6 nitrogen and oxygen atoms in total. The lowest BCUT2D eigenvalue weighted by molar-refractivity contribution is 0.0252. The molecular weight excluding hydrogens is 234 g/mol. The number of rotatable bonds is 2. The standard InChI is InChI=1S/C12H15N3O3/c16-12(17)8-4-5-11(14-13-8)15-6-7-18-10-3-1-2-9(10)15/h4-5,9-10H,1-3,6-7H2,(H,16,17). The van der Waals surface area contributed by atoms with Crippen LogP contribution >= 0.6 is 0 Å². The maximum Gasteiger partial charge on any atom is 0.356 e. The van der Waals surface area contributed by atoms with E-state index in [1.165, 1.54) is 12.5 Å². The number of hydrogen-bond donors (Lipinski definition) is 1. The summed E-state index contributed by atoms with van der Waals surface area (Å²) in [4.78, 5) is 12.9. The Hall–Kier alpha value is -1.69. The Labute approximate surface area is 105 Å². The second-order valence-corrected chi connectivity index (χ2v) is 4.68. The topological polar surface area (TPSA) is 75.5 Å². The molecule has 2 aliphatic rings. The lowest BCUT2D eigenvalue weighted by Crippen LogP contribution is -2.49. The van der Waals surface area contributed by atoms with Crippen LogP contribution < -0.4 is 4.90 Å². The number of nitrogens with zero attached hydrogens (tertiary/aromatic N) is 3. The van der Waals surface area contributed by atoms with Gasteiger partial charge in [0, 0.05) is 6.54 Å². The van der Waals surface area contributed by atoms with Crippen LogP contribution in [-0.2, 0) is 4.74 Å². The number of morpholine rings is 1. The second kappa shape index (κ2) is 4.53. The van der Waals surface area contributed by atoms with Gasteiger partial charge in [-0.25, -0.2) is 4.79 Å². The van der Waals surface area contributed by atoms with Crippen molar-refractivity contribution in [3.8, 4) is 0 Å². The van der Waals surface area contributed by atoms with E-state index in [0.717, 1.165) is 25.2 Å². The molecule has 1 aromatic rings. The van der Waals surface area contributed by atoms with Crippen molar-refractivity contribution in [3.05, 3.63) is 17.8 Å². The molecule has 1 N–H and O–H groups in total. The number of fused-ring (bicyclic) bond motifs is 1. The van der Waals surface area contributed by atoms with Gasteiger partial charge >= 0.3 is 5.97 Å². The summed E-state index contributed by atoms with van der Waals surface area (Å²) >= 11 is 0. The van der Waals surface area contributed by atoms with Crippen LogP contribution in [0.5, 0.6) is 0 Å². The molecule has 96 valence electrons. The molecule has 2 unspecified atom stereocenters. The molecule has 0 amide bonds. The molecule has 1 aromatic heterocycles. The Morgan fingerprint density at radius 3 is 3.00 bits per heavy atom. The molecule has 2 heterocycles. The zero-order chi connectivity index (χ0) is 12.5. The summed E-state index contributed by atoms with van der Waals surface area (Å²) in [6, 6.07) is 3.60. The highest BCUT2D eigenvalue weighted by molar-refractivity contribution is 5.85. The normalized spacial score (nSPS) is 27.0. The van der Waals surface area contributed by atoms with Gasteiger partial charge in [-0.05, 0) is 31.4 Å². The van der Waals surface area contributed by atoms with Crippen molar-refractivity contribution >= 4 is 11.8 Å². The summed E-state index contributed by atoms with van der Waals surface area (Å²) in [6.07, 6.45) is 3.67. The lowest BCUT2D eigenvalue weighted by Gasteiger charge is -2.38. The molecule has 6 heteroatoms. The van der Waals surface area contributed by atoms with Crippen molar-refractivity contribution in [2.75, 3.05) is 18.1 Å². The van der Waals surface area contributed by atoms with Crippen molar-refractivity contribution < 1.29 is 14.6 Å². The van der Waals surface area contributed by atoms with Crippen molar-refractivity contribution in [3.63, 3.8) is 0 Å². The van der Waals surface area contributed by atoms with Gasteiger partial charge in [0.25, 0.3) is 0 Å². The van der Waals surface area contributed by atoms with Crippen LogP contribution in [0.1, 0.15) is 29.8 Å². The van der Waals surface area contributed by atoms with Crippen LogP contribution in [-0.4, -0.2) is 46.6 Å². The fourth-order valence-corrected chi connectivity index (χ4v) is 2.80. The zero-order valence-electron chi connectivity index (χ0n) is 9.95. The molecule has 1 saturated carbocycles. The Kier molecular flexibility index (Phi) is 2.87. The summed E-state index contributed by atoms with van der Waals surface area (Å²) in [6.45, 7) is 1.49. The molecule has 2 fully saturated rings. The molecule has 0 bridgehead atoms. The monoisotopic (exact) mass is 249 g/mol. The zero-order valence-corrected chi connectivity index (χ0v) is 9.95. The number of carbonyl (C=O) groups is 1. The first-order chi connectivity index (χ1) is 8.75. The minimum Gasteiger partial charge on any atom is -0.476 e. The Bertz CT molecular complexity index is 448. The van der Waals surface area contributed by atoms with Gasteiger partial charge in [0.2, 0.25) is 0 Å². The van der Waals surface area contributed by atoms with Gasteiger partial charge in [0.05, 0.1) is 18.8 Å². The summed E-state index contributed by atoms with van der Waals surface area (Å²) in [5.41, 5.74) is -0.0185. The second-order valence-electron chi connectivity index (χ2n) is 4.68. The number of carboxylic acid groups (broad SMARTS) is 1. The van der Waals surface area contributed by atoms with Crippen molar-refractivity contribution in [2.24, 2.45) is 0 Å². The molecule has 2 atom stereocenters. The first-order valence-electron chi connectivity index (χ1n) is 6.21. The number of carboxylic acids is 1. The first kappa shape index (κ1) is 11.4. The summed E-state index contributed by atoms with van der Waals surface area (Å²) in [7, 11) is 0. The van der Waals surface area contributed by atoms with Crippen molar-refractivity contribution in [1.82, 2.24) is 10.2 Å². The Morgan fingerprint density at radius 2 is 2.28 bits per heavy atom. The summed E-state index contributed by atoms with van der Waals surface area (Å²) in [5, 5.41) is 16.6. The van der Waals surface area contributed by atoms with Gasteiger partial charge in [-0.3, -0.25) is 0 Å². The van der Waals surface area contributed by atoms with E-state index in [-0.39, 0.29) is 5.69 Å². The van der Waals surface area contributed by atoms with Crippen LogP contribution in [0.15, 0.2) is 12.1 Å². The van der Waals surface area contributed by atoms with Gasteiger partial charge in [-0.1, -0.05) is 0 Å². The molecule has 0 spiro atoms. The molecule has 3 rings (SSSR count). The number of hydrogen-bond acceptors (Lipinski definition) is 5. The van der Waals surface area contributed by atoms with E-state index < -0.39 is 5.97 Å². The van der Waals surface area contributed by atoms with Crippen molar-refractivity contribution in [1.29, 1.82) is 0 Å². The number of aromatic nitrogens is 2. The van der Waals surface area contributed by atoms with E-state index in [9.17, 15) is 4.79 Å². The maximum absolute atomic E-state index is 10.7. The lowest BCUT2D eigenvalue weighted by atomic mass is 10.1. The molecule has 0 radical (unpaired) electrons. The molecule has 0 aromatic carbocycles. The number of aromatic carboxylic acids is 1. The van der Waals surface area contributed by atoms with E-state index in [2.05, 4.69) is 15.1 Å². The van der Waals surface area contributed by atoms with E-state index >= 15 is 0 Å². The number of ether oxygens (including phenoxy) is 1. The van der Waals surface area contributed by atoms with Crippen LogP contribution in [0, 0.1) is 0 Å². The Balaban J connectivity index is 1.82. The van der Waals surface area contributed by atoms with Crippen molar-refractivity contribution in [2.45, 2.75) is 31.4 Å². The molecule has 1 saturated heterocycles. The van der Waals surface area contributed by atoms with Gasteiger partial charge in [-0.15, -0.1) is 10.2 Å². The van der Waals surface area contributed by atoms with E-state index in [1.807, 2.05) is 0 Å².